The van der Waals surface area contributed by atoms with E-state index in [9.17, 15) is 5.26 Å². The van der Waals surface area contributed by atoms with Gasteiger partial charge in [-0.3, -0.25) is 0 Å². The van der Waals surface area contributed by atoms with E-state index in [4.69, 9.17) is 4.74 Å². The number of nitriles is 1. The molecule has 0 unspecified atom stereocenters. The normalized spacial score (nSPS) is 10.3. The Labute approximate surface area is 134 Å². The van der Waals surface area contributed by atoms with E-state index < -0.39 is 0 Å². The fourth-order valence-corrected chi connectivity index (χ4v) is 2.69. The maximum Gasteiger partial charge on any atom is 0.191 e. The lowest BCUT2D eigenvalue weighted by molar-refractivity contribution is 0.416. The van der Waals surface area contributed by atoms with Crippen molar-refractivity contribution in [1.82, 2.24) is 15.0 Å². The fourth-order valence-electron chi connectivity index (χ4n) is 2.69. The van der Waals surface area contributed by atoms with E-state index in [0.717, 1.165) is 22.4 Å². The van der Waals surface area contributed by atoms with Crippen molar-refractivity contribution in [3.8, 4) is 28.8 Å². The van der Waals surface area contributed by atoms with Gasteiger partial charge in [-0.15, -0.1) is 5.10 Å². The molecular formula is C18H16N4O. The number of aryl methyl sites for hydroxylation is 2. The highest BCUT2D eigenvalue weighted by Crippen LogP contribution is 2.32. The van der Waals surface area contributed by atoms with Crippen molar-refractivity contribution in [1.29, 1.82) is 5.26 Å². The van der Waals surface area contributed by atoms with Gasteiger partial charge >= 0.3 is 0 Å². The zero-order valence-corrected chi connectivity index (χ0v) is 13.2. The molecule has 1 heterocycles. The largest absolute Gasteiger partial charge is 0.496 e. The standard InChI is InChI=1S/C18H16N4O/c1-12-8-13(2)10-14(9-12)22-18(16(11-19)20-21-22)15-6-4-5-7-17(15)23-3/h4-10H,1-3H3. The van der Waals surface area contributed by atoms with Crippen LogP contribution in [0.5, 0.6) is 5.75 Å². The van der Waals surface area contributed by atoms with Crippen molar-refractivity contribution in [2.45, 2.75) is 13.8 Å². The summed E-state index contributed by atoms with van der Waals surface area (Å²) >= 11 is 0. The average molecular weight is 304 g/mol. The maximum absolute atomic E-state index is 9.41. The van der Waals surface area contributed by atoms with Crippen LogP contribution in [0.25, 0.3) is 16.9 Å². The number of aromatic nitrogens is 3. The zero-order chi connectivity index (χ0) is 16.4. The summed E-state index contributed by atoms with van der Waals surface area (Å²) in [6.45, 7) is 4.06. The number of rotatable bonds is 3. The molecule has 0 saturated heterocycles. The van der Waals surface area contributed by atoms with E-state index in [1.54, 1.807) is 11.8 Å². The summed E-state index contributed by atoms with van der Waals surface area (Å²) in [6, 6.07) is 15.8. The van der Waals surface area contributed by atoms with Gasteiger partial charge in [-0.2, -0.15) is 5.26 Å². The van der Waals surface area contributed by atoms with Crippen LogP contribution < -0.4 is 4.74 Å². The minimum Gasteiger partial charge on any atom is -0.496 e. The second-order valence-corrected chi connectivity index (χ2v) is 5.36. The van der Waals surface area contributed by atoms with Crippen LogP contribution in [0.15, 0.2) is 42.5 Å². The van der Waals surface area contributed by atoms with Crippen LogP contribution in [0, 0.1) is 25.2 Å². The molecule has 3 rings (SSSR count). The van der Waals surface area contributed by atoms with Crippen LogP contribution in [0.2, 0.25) is 0 Å². The van der Waals surface area contributed by atoms with Gasteiger partial charge in [-0.1, -0.05) is 23.4 Å². The number of para-hydroxylation sites is 1. The Balaban J connectivity index is 2.29. The minimum absolute atomic E-state index is 0.272. The van der Waals surface area contributed by atoms with Crippen molar-refractivity contribution in [3.63, 3.8) is 0 Å². The van der Waals surface area contributed by atoms with E-state index in [-0.39, 0.29) is 5.69 Å². The fraction of sp³-hybridized carbons (Fsp3) is 0.167. The van der Waals surface area contributed by atoms with Gasteiger partial charge < -0.3 is 4.74 Å². The zero-order valence-electron chi connectivity index (χ0n) is 13.2. The number of methoxy groups -OCH3 is 1. The summed E-state index contributed by atoms with van der Waals surface area (Å²) in [6.07, 6.45) is 0. The van der Waals surface area contributed by atoms with Crippen molar-refractivity contribution in [2.75, 3.05) is 7.11 Å². The molecule has 0 radical (unpaired) electrons. The lowest BCUT2D eigenvalue weighted by Crippen LogP contribution is -2.02. The summed E-state index contributed by atoms with van der Waals surface area (Å²) in [5, 5.41) is 17.6. The third-order valence-electron chi connectivity index (χ3n) is 3.59. The summed E-state index contributed by atoms with van der Waals surface area (Å²) in [5.41, 5.74) is 4.82. The quantitative estimate of drug-likeness (QED) is 0.743. The van der Waals surface area contributed by atoms with E-state index in [1.807, 2.05) is 50.2 Å². The monoisotopic (exact) mass is 304 g/mol. The van der Waals surface area contributed by atoms with E-state index in [1.165, 1.54) is 0 Å². The van der Waals surface area contributed by atoms with E-state index in [2.05, 4.69) is 22.4 Å². The molecule has 0 fully saturated rings. The predicted molar refractivity (Wildman–Crippen MR) is 87.5 cm³/mol. The summed E-state index contributed by atoms with van der Waals surface area (Å²) in [7, 11) is 1.61. The Morgan fingerprint density at radius 3 is 2.43 bits per heavy atom. The number of benzene rings is 2. The first-order valence-corrected chi connectivity index (χ1v) is 7.22. The van der Waals surface area contributed by atoms with Gasteiger partial charge in [0.25, 0.3) is 0 Å². The van der Waals surface area contributed by atoms with Crippen LogP contribution in [0.1, 0.15) is 16.8 Å². The highest BCUT2D eigenvalue weighted by atomic mass is 16.5. The summed E-state index contributed by atoms with van der Waals surface area (Å²) in [5.74, 6) is 0.678. The molecule has 0 aliphatic carbocycles. The molecule has 0 aliphatic rings. The lowest BCUT2D eigenvalue weighted by atomic mass is 10.1. The Hall–Kier alpha value is -3.13. The van der Waals surface area contributed by atoms with Gasteiger partial charge in [0, 0.05) is 5.56 Å². The van der Waals surface area contributed by atoms with E-state index >= 15 is 0 Å². The number of hydrogen-bond donors (Lipinski definition) is 0. The van der Waals surface area contributed by atoms with Gasteiger partial charge in [0.1, 0.15) is 17.5 Å². The van der Waals surface area contributed by atoms with Crippen molar-refractivity contribution in [3.05, 3.63) is 59.3 Å². The van der Waals surface area contributed by atoms with Crippen molar-refractivity contribution in [2.24, 2.45) is 0 Å². The van der Waals surface area contributed by atoms with Gasteiger partial charge in [0.15, 0.2) is 5.69 Å². The van der Waals surface area contributed by atoms with Crippen LogP contribution >= 0.6 is 0 Å². The molecule has 5 nitrogen and oxygen atoms in total. The molecule has 5 heteroatoms. The summed E-state index contributed by atoms with van der Waals surface area (Å²) in [4.78, 5) is 0. The smallest absolute Gasteiger partial charge is 0.191 e. The summed E-state index contributed by atoms with van der Waals surface area (Å²) < 4.78 is 7.12. The first-order chi connectivity index (χ1) is 11.1. The Morgan fingerprint density at radius 1 is 1.09 bits per heavy atom. The van der Waals surface area contributed by atoms with Crippen LogP contribution in [0.4, 0.5) is 0 Å². The minimum atomic E-state index is 0.272. The van der Waals surface area contributed by atoms with Crippen molar-refractivity contribution >= 4 is 0 Å². The lowest BCUT2D eigenvalue weighted by Gasteiger charge is -2.11. The highest BCUT2D eigenvalue weighted by Gasteiger charge is 2.19. The van der Waals surface area contributed by atoms with Crippen LogP contribution in [0.3, 0.4) is 0 Å². The van der Waals surface area contributed by atoms with Gasteiger partial charge in [0.2, 0.25) is 0 Å². The predicted octanol–water partition coefficient (Wildman–Crippen LogP) is 3.43. The first kappa shape index (κ1) is 14.8. The van der Waals surface area contributed by atoms with Crippen LogP contribution in [-0.4, -0.2) is 22.1 Å². The molecule has 2 aromatic carbocycles. The molecule has 0 saturated carbocycles. The Bertz CT molecular complexity index is 885. The molecule has 0 aliphatic heterocycles. The molecule has 23 heavy (non-hydrogen) atoms. The molecule has 1 aromatic heterocycles. The van der Waals surface area contributed by atoms with Crippen LogP contribution in [-0.2, 0) is 0 Å². The van der Waals surface area contributed by atoms with Gasteiger partial charge in [0.05, 0.1) is 12.8 Å². The topological polar surface area (TPSA) is 63.7 Å². The third-order valence-corrected chi connectivity index (χ3v) is 3.59. The molecule has 0 atom stereocenters. The molecular weight excluding hydrogens is 288 g/mol. The van der Waals surface area contributed by atoms with Crippen molar-refractivity contribution < 1.29 is 4.74 Å². The highest BCUT2D eigenvalue weighted by molar-refractivity contribution is 5.73. The molecule has 3 aromatic rings. The second-order valence-electron chi connectivity index (χ2n) is 5.36. The van der Waals surface area contributed by atoms with Gasteiger partial charge in [-0.05, 0) is 49.2 Å². The SMILES string of the molecule is COc1ccccc1-c1c(C#N)nnn1-c1cc(C)cc(C)c1. The second kappa shape index (κ2) is 5.93. The Morgan fingerprint density at radius 2 is 1.78 bits per heavy atom. The molecule has 0 spiro atoms. The molecule has 0 N–H and O–H groups in total. The number of ether oxygens (including phenoxy) is 1. The van der Waals surface area contributed by atoms with Gasteiger partial charge in [-0.25, -0.2) is 4.68 Å². The number of nitrogens with zero attached hydrogens (tertiary/aromatic N) is 4. The van der Waals surface area contributed by atoms with E-state index in [0.29, 0.717) is 11.4 Å². The molecule has 114 valence electrons. The number of hydrogen-bond acceptors (Lipinski definition) is 4. The molecule has 0 bridgehead atoms. The Kier molecular flexibility index (Phi) is 3.82. The average Bonchev–Trinajstić information content (AvgIpc) is 2.97. The first-order valence-electron chi connectivity index (χ1n) is 7.22. The molecule has 0 amide bonds. The maximum atomic E-state index is 9.41. The third kappa shape index (κ3) is 2.67.